The molecule has 21 heavy (non-hydrogen) atoms. The maximum atomic E-state index is 5.19. The van der Waals surface area contributed by atoms with Crippen LogP contribution in [0.25, 0.3) is 0 Å². The van der Waals surface area contributed by atoms with Gasteiger partial charge in [-0.25, -0.2) is 0 Å². The molecule has 1 aromatic rings. The van der Waals surface area contributed by atoms with Gasteiger partial charge in [-0.1, -0.05) is 6.42 Å². The molecule has 0 radical (unpaired) electrons. The topological polar surface area (TPSA) is 66.4 Å². The monoisotopic (exact) mass is 292 g/mol. The van der Waals surface area contributed by atoms with Gasteiger partial charge in [-0.3, -0.25) is 4.90 Å². The van der Waals surface area contributed by atoms with Gasteiger partial charge in [0.2, 0.25) is 11.9 Å². The number of piperidine rings is 1. The van der Waals surface area contributed by atoms with Gasteiger partial charge in [0.1, 0.15) is 0 Å². The lowest BCUT2D eigenvalue weighted by molar-refractivity contribution is 0.114. The van der Waals surface area contributed by atoms with Crippen molar-refractivity contribution in [3.05, 3.63) is 0 Å². The quantitative estimate of drug-likeness (QED) is 0.891. The summed E-state index contributed by atoms with van der Waals surface area (Å²) < 4.78 is 5.19. The molecule has 0 aromatic carbocycles. The van der Waals surface area contributed by atoms with Crippen LogP contribution >= 0.6 is 0 Å². The molecule has 3 rings (SSSR count). The zero-order valence-electron chi connectivity index (χ0n) is 13.0. The van der Waals surface area contributed by atoms with E-state index < -0.39 is 0 Å². The zero-order chi connectivity index (χ0) is 14.8. The van der Waals surface area contributed by atoms with E-state index in [4.69, 9.17) is 4.74 Å². The van der Waals surface area contributed by atoms with Crippen LogP contribution in [0.4, 0.5) is 11.9 Å². The normalized spacial score (nSPS) is 26.3. The molecule has 0 spiro atoms. The molecule has 0 aliphatic carbocycles. The summed E-state index contributed by atoms with van der Waals surface area (Å²) in [6.07, 6.45) is 3.92. The van der Waals surface area contributed by atoms with Crippen LogP contribution < -0.4 is 15.0 Å². The first-order valence-electron chi connectivity index (χ1n) is 7.69. The Morgan fingerprint density at radius 2 is 2.05 bits per heavy atom. The number of nitrogens with zero attached hydrogens (tertiary/aromatic N) is 5. The highest BCUT2D eigenvalue weighted by Crippen LogP contribution is 2.27. The van der Waals surface area contributed by atoms with Crippen LogP contribution in [0, 0.1) is 0 Å². The van der Waals surface area contributed by atoms with Crippen molar-refractivity contribution in [2.24, 2.45) is 0 Å². The van der Waals surface area contributed by atoms with Crippen LogP contribution in [0.3, 0.4) is 0 Å². The summed E-state index contributed by atoms with van der Waals surface area (Å²) in [7, 11) is 3.39. The fourth-order valence-electron chi connectivity index (χ4n) is 3.31. The first-order chi connectivity index (χ1) is 10.2. The van der Waals surface area contributed by atoms with Gasteiger partial charge in [-0.05, 0) is 26.3 Å². The third-order valence-corrected chi connectivity index (χ3v) is 4.45. The summed E-state index contributed by atoms with van der Waals surface area (Å²) in [5.74, 6) is 1.26. The van der Waals surface area contributed by atoms with Gasteiger partial charge in [0.05, 0.1) is 7.11 Å². The summed E-state index contributed by atoms with van der Waals surface area (Å²) >= 11 is 0. The average Bonchev–Trinajstić information content (AvgIpc) is 2.53. The van der Waals surface area contributed by atoms with E-state index in [1.807, 2.05) is 0 Å². The van der Waals surface area contributed by atoms with E-state index in [-0.39, 0.29) is 0 Å². The molecule has 3 heterocycles. The summed E-state index contributed by atoms with van der Waals surface area (Å²) in [4.78, 5) is 18.0. The molecule has 1 N–H and O–H groups in total. The molecule has 2 fully saturated rings. The molecule has 2 aliphatic heterocycles. The minimum absolute atomic E-state index is 0.364. The molecule has 7 heteroatoms. The van der Waals surface area contributed by atoms with Crippen molar-refractivity contribution in [3.63, 3.8) is 0 Å². The maximum absolute atomic E-state index is 5.19. The van der Waals surface area contributed by atoms with Gasteiger partial charge in [0, 0.05) is 32.2 Å². The smallest absolute Gasteiger partial charge is 0.322 e. The van der Waals surface area contributed by atoms with Gasteiger partial charge in [0.15, 0.2) is 0 Å². The number of methoxy groups -OCH3 is 1. The van der Waals surface area contributed by atoms with Gasteiger partial charge < -0.3 is 15.0 Å². The van der Waals surface area contributed by atoms with Gasteiger partial charge in [0.25, 0.3) is 0 Å². The first-order valence-corrected chi connectivity index (χ1v) is 7.69. The van der Waals surface area contributed by atoms with E-state index in [0.29, 0.717) is 30.0 Å². The lowest BCUT2D eigenvalue weighted by Crippen LogP contribution is -2.59. The minimum Gasteiger partial charge on any atom is -0.467 e. The van der Waals surface area contributed by atoms with Crippen molar-refractivity contribution in [3.8, 4) is 6.01 Å². The number of rotatable bonds is 3. The molecular weight excluding hydrogens is 268 g/mol. The van der Waals surface area contributed by atoms with E-state index in [2.05, 4.69) is 37.0 Å². The third kappa shape index (κ3) is 2.88. The predicted molar refractivity (Wildman–Crippen MR) is 81.9 cm³/mol. The van der Waals surface area contributed by atoms with E-state index in [1.54, 1.807) is 14.2 Å². The van der Waals surface area contributed by atoms with Crippen LogP contribution in [0.1, 0.15) is 26.2 Å². The molecule has 2 unspecified atom stereocenters. The van der Waals surface area contributed by atoms with Crippen LogP contribution in [0.5, 0.6) is 6.01 Å². The Bertz CT molecular complexity index is 474. The largest absolute Gasteiger partial charge is 0.467 e. The van der Waals surface area contributed by atoms with Gasteiger partial charge in [-0.2, -0.15) is 15.0 Å². The minimum atomic E-state index is 0.364. The first kappa shape index (κ1) is 14.3. The Balaban J connectivity index is 1.85. The van der Waals surface area contributed by atoms with Crippen molar-refractivity contribution in [1.82, 2.24) is 19.9 Å². The summed E-state index contributed by atoms with van der Waals surface area (Å²) in [5.41, 5.74) is 0. The SMILES string of the molecule is CNc1nc(OC)nc(N2CC3CCCCN3CC2C)n1. The highest BCUT2D eigenvalue weighted by atomic mass is 16.5. The number of nitrogens with one attached hydrogen (secondary N) is 1. The molecule has 2 atom stereocenters. The molecule has 7 nitrogen and oxygen atoms in total. The lowest BCUT2D eigenvalue weighted by Gasteiger charge is -2.47. The molecule has 1 aromatic heterocycles. The van der Waals surface area contributed by atoms with Crippen LogP contribution in [-0.4, -0.2) is 65.7 Å². The molecule has 0 bridgehead atoms. The Morgan fingerprint density at radius 1 is 1.19 bits per heavy atom. The van der Waals surface area contributed by atoms with Crippen molar-refractivity contribution < 1.29 is 4.74 Å². The van der Waals surface area contributed by atoms with E-state index in [9.17, 15) is 0 Å². The number of ether oxygens (including phenoxy) is 1. The molecule has 0 saturated carbocycles. The number of aromatic nitrogens is 3. The number of piperazine rings is 1. The maximum Gasteiger partial charge on any atom is 0.322 e. The van der Waals surface area contributed by atoms with Gasteiger partial charge in [-0.15, -0.1) is 0 Å². The van der Waals surface area contributed by atoms with E-state index in [1.165, 1.54) is 25.8 Å². The second kappa shape index (κ2) is 6.01. The second-order valence-electron chi connectivity index (χ2n) is 5.84. The fraction of sp³-hybridized carbons (Fsp3) is 0.786. The Hall–Kier alpha value is -1.63. The highest BCUT2D eigenvalue weighted by Gasteiger charge is 2.34. The van der Waals surface area contributed by atoms with Crippen molar-refractivity contribution in [2.75, 3.05) is 44.0 Å². The summed E-state index contributed by atoms with van der Waals surface area (Å²) in [6.45, 7) is 5.52. The van der Waals surface area contributed by atoms with E-state index in [0.717, 1.165) is 13.1 Å². The number of hydrogen-bond acceptors (Lipinski definition) is 7. The molecule has 116 valence electrons. The zero-order valence-corrected chi connectivity index (χ0v) is 13.0. The standard InChI is InChI=1S/C14H24N6O/c1-10-8-19-7-5-4-6-11(19)9-20(10)13-16-12(15-2)17-14(18-13)21-3/h10-11H,4-9H2,1-3H3,(H,15,16,17,18). The molecule has 2 aliphatic rings. The highest BCUT2D eigenvalue weighted by molar-refractivity contribution is 5.40. The number of fused-ring (bicyclic) bond motifs is 1. The Kier molecular flexibility index (Phi) is 4.10. The number of anilines is 2. The summed E-state index contributed by atoms with van der Waals surface area (Å²) in [5, 5.41) is 2.97. The van der Waals surface area contributed by atoms with Crippen molar-refractivity contribution in [1.29, 1.82) is 0 Å². The molecule has 2 saturated heterocycles. The average molecular weight is 292 g/mol. The Labute approximate surface area is 125 Å². The molecular formula is C14H24N6O. The summed E-state index contributed by atoms with van der Waals surface area (Å²) in [6, 6.07) is 1.38. The van der Waals surface area contributed by atoms with E-state index >= 15 is 0 Å². The second-order valence-corrected chi connectivity index (χ2v) is 5.84. The number of hydrogen-bond donors (Lipinski definition) is 1. The predicted octanol–water partition coefficient (Wildman–Crippen LogP) is 0.985. The van der Waals surface area contributed by atoms with Crippen LogP contribution in [0.15, 0.2) is 0 Å². The third-order valence-electron chi connectivity index (χ3n) is 4.45. The van der Waals surface area contributed by atoms with Crippen molar-refractivity contribution >= 4 is 11.9 Å². The van der Waals surface area contributed by atoms with Crippen LogP contribution in [-0.2, 0) is 0 Å². The fourth-order valence-corrected chi connectivity index (χ4v) is 3.31. The Morgan fingerprint density at radius 3 is 2.81 bits per heavy atom. The van der Waals surface area contributed by atoms with Gasteiger partial charge >= 0.3 is 6.01 Å². The van der Waals surface area contributed by atoms with Crippen molar-refractivity contribution in [2.45, 2.75) is 38.3 Å². The lowest BCUT2D eigenvalue weighted by atomic mass is 9.97. The molecule has 0 amide bonds. The van der Waals surface area contributed by atoms with Crippen LogP contribution in [0.2, 0.25) is 0 Å².